The summed E-state index contributed by atoms with van der Waals surface area (Å²) in [5.41, 5.74) is 7.06. The van der Waals surface area contributed by atoms with Crippen LogP contribution in [-0.4, -0.2) is 28.1 Å². The van der Waals surface area contributed by atoms with Gasteiger partial charge in [-0.15, -0.1) is 0 Å². The number of anilines is 1. The number of carbonyl (C=O) groups is 2. The molecular weight excluding hydrogens is 236 g/mol. The van der Waals surface area contributed by atoms with Gasteiger partial charge in [0.05, 0.1) is 12.5 Å². The molecule has 1 aromatic rings. The second kappa shape index (κ2) is 5.50. The van der Waals surface area contributed by atoms with Crippen molar-refractivity contribution < 1.29 is 19.8 Å². The number of benzene rings is 1. The van der Waals surface area contributed by atoms with E-state index in [0.29, 0.717) is 16.8 Å². The highest BCUT2D eigenvalue weighted by atomic mass is 16.4. The Morgan fingerprint density at radius 3 is 2.56 bits per heavy atom. The maximum atomic E-state index is 11.6. The summed E-state index contributed by atoms with van der Waals surface area (Å²) in [6.45, 7) is 3.39. The molecule has 0 aliphatic heterocycles. The van der Waals surface area contributed by atoms with E-state index in [1.807, 2.05) is 0 Å². The lowest BCUT2D eigenvalue weighted by atomic mass is 10.1. The van der Waals surface area contributed by atoms with Crippen molar-refractivity contribution in [3.05, 3.63) is 23.3 Å². The Balaban J connectivity index is 2.82. The highest BCUT2D eigenvalue weighted by Gasteiger charge is 2.18. The van der Waals surface area contributed by atoms with Crippen molar-refractivity contribution in [3.63, 3.8) is 0 Å². The summed E-state index contributed by atoms with van der Waals surface area (Å²) in [5, 5.41) is 20.7. The van der Waals surface area contributed by atoms with Gasteiger partial charge in [-0.25, -0.2) is 0 Å². The van der Waals surface area contributed by atoms with E-state index in [1.54, 1.807) is 26.0 Å². The van der Waals surface area contributed by atoms with Gasteiger partial charge in [0, 0.05) is 11.3 Å². The number of aryl methyl sites for hydroxylation is 1. The molecule has 1 unspecified atom stereocenters. The Morgan fingerprint density at radius 2 is 2.00 bits per heavy atom. The van der Waals surface area contributed by atoms with Gasteiger partial charge in [0.25, 0.3) is 0 Å². The molecule has 6 nitrogen and oxygen atoms in total. The number of hydrogen-bond donors (Lipinski definition) is 4. The predicted octanol–water partition coefficient (Wildman–Crippen LogP) is 0.750. The number of rotatable bonds is 4. The van der Waals surface area contributed by atoms with Crippen LogP contribution >= 0.6 is 0 Å². The molecule has 0 aliphatic carbocycles. The summed E-state index contributed by atoms with van der Waals surface area (Å²) in [5.74, 6) is -1.63. The van der Waals surface area contributed by atoms with Gasteiger partial charge in [-0.2, -0.15) is 0 Å². The zero-order valence-electron chi connectivity index (χ0n) is 10.2. The quantitative estimate of drug-likeness (QED) is 0.631. The molecule has 1 atom stereocenters. The van der Waals surface area contributed by atoms with Crippen LogP contribution in [0.1, 0.15) is 17.5 Å². The molecule has 6 heteroatoms. The Hall–Kier alpha value is -2.08. The van der Waals surface area contributed by atoms with E-state index < -0.39 is 24.3 Å². The fraction of sp³-hybridized carbons (Fsp3) is 0.333. The van der Waals surface area contributed by atoms with Gasteiger partial charge in [0.15, 0.2) is 0 Å². The molecule has 0 bridgehead atoms. The maximum absolute atomic E-state index is 11.6. The van der Waals surface area contributed by atoms with E-state index >= 15 is 0 Å². The Kier molecular flexibility index (Phi) is 4.28. The zero-order valence-corrected chi connectivity index (χ0v) is 10.2. The lowest BCUT2D eigenvalue weighted by Gasteiger charge is -2.14. The monoisotopic (exact) mass is 252 g/mol. The number of carbonyl (C=O) groups excluding carboxylic acids is 1. The third-order valence-electron chi connectivity index (χ3n) is 2.62. The van der Waals surface area contributed by atoms with Crippen molar-refractivity contribution in [2.24, 2.45) is 5.73 Å². The summed E-state index contributed by atoms with van der Waals surface area (Å²) in [7, 11) is 0. The van der Waals surface area contributed by atoms with Crippen LogP contribution in [0.2, 0.25) is 0 Å². The summed E-state index contributed by atoms with van der Waals surface area (Å²) in [6, 6.07) is 2.17. The van der Waals surface area contributed by atoms with Crippen molar-refractivity contribution in [1.29, 1.82) is 0 Å². The third kappa shape index (κ3) is 3.21. The number of aliphatic carboxylic acids is 1. The van der Waals surface area contributed by atoms with E-state index in [4.69, 9.17) is 10.8 Å². The fourth-order valence-corrected chi connectivity index (χ4v) is 1.48. The fourth-order valence-electron chi connectivity index (χ4n) is 1.48. The first-order valence-electron chi connectivity index (χ1n) is 5.40. The maximum Gasteiger partial charge on any atom is 0.305 e. The Labute approximate surface area is 104 Å². The minimum atomic E-state index is -1.14. The zero-order chi connectivity index (χ0) is 13.9. The molecule has 18 heavy (non-hydrogen) atoms. The average molecular weight is 252 g/mol. The highest BCUT2D eigenvalue weighted by molar-refractivity contribution is 5.97. The number of carboxylic acid groups (broad SMARTS) is 1. The van der Waals surface area contributed by atoms with E-state index in [-0.39, 0.29) is 5.75 Å². The van der Waals surface area contributed by atoms with Crippen LogP contribution in [0.4, 0.5) is 5.69 Å². The van der Waals surface area contributed by atoms with E-state index in [9.17, 15) is 14.7 Å². The molecule has 1 rings (SSSR count). The molecule has 0 aromatic heterocycles. The summed E-state index contributed by atoms with van der Waals surface area (Å²) < 4.78 is 0. The molecule has 0 fully saturated rings. The van der Waals surface area contributed by atoms with Gasteiger partial charge in [-0.3, -0.25) is 9.59 Å². The number of nitrogens with one attached hydrogen (secondary N) is 1. The van der Waals surface area contributed by atoms with Crippen LogP contribution in [0, 0.1) is 13.8 Å². The van der Waals surface area contributed by atoms with Crippen molar-refractivity contribution in [2.45, 2.75) is 26.3 Å². The molecule has 0 saturated heterocycles. The average Bonchev–Trinajstić information content (AvgIpc) is 2.29. The Morgan fingerprint density at radius 1 is 1.39 bits per heavy atom. The first kappa shape index (κ1) is 14.0. The van der Waals surface area contributed by atoms with Gasteiger partial charge >= 0.3 is 5.97 Å². The second-order valence-corrected chi connectivity index (χ2v) is 4.10. The number of nitrogens with two attached hydrogens (primary N) is 1. The normalized spacial score (nSPS) is 11.9. The summed E-state index contributed by atoms with van der Waals surface area (Å²) in [6.07, 6.45) is -0.442. The van der Waals surface area contributed by atoms with Gasteiger partial charge in [-0.05, 0) is 25.5 Å². The molecule has 0 saturated carbocycles. The number of carboxylic acids is 1. The van der Waals surface area contributed by atoms with E-state index in [2.05, 4.69) is 5.32 Å². The highest BCUT2D eigenvalue weighted by Crippen LogP contribution is 2.28. The van der Waals surface area contributed by atoms with Gasteiger partial charge in [0.1, 0.15) is 5.75 Å². The number of hydrogen-bond acceptors (Lipinski definition) is 4. The van der Waals surface area contributed by atoms with Crippen LogP contribution in [0.15, 0.2) is 12.1 Å². The number of amides is 1. The molecule has 0 spiro atoms. The number of phenols is 1. The largest absolute Gasteiger partial charge is 0.507 e. The molecule has 0 heterocycles. The Bertz CT molecular complexity index is 485. The standard InChI is InChI=1S/C12H16N2O4/c1-6-3-4-9(7(2)11(6)17)14-12(18)8(13)5-10(15)16/h3-4,8,17H,5,13H2,1-2H3,(H,14,18)(H,15,16). The first-order valence-corrected chi connectivity index (χ1v) is 5.40. The summed E-state index contributed by atoms with van der Waals surface area (Å²) in [4.78, 5) is 22.0. The van der Waals surface area contributed by atoms with Crippen molar-refractivity contribution >= 4 is 17.6 Å². The predicted molar refractivity (Wildman–Crippen MR) is 66.4 cm³/mol. The van der Waals surface area contributed by atoms with E-state index in [1.165, 1.54) is 0 Å². The molecule has 5 N–H and O–H groups in total. The molecular formula is C12H16N2O4. The van der Waals surface area contributed by atoms with Crippen molar-refractivity contribution in [1.82, 2.24) is 0 Å². The second-order valence-electron chi connectivity index (χ2n) is 4.10. The van der Waals surface area contributed by atoms with E-state index in [0.717, 1.165) is 0 Å². The molecule has 98 valence electrons. The van der Waals surface area contributed by atoms with Crippen LogP contribution in [0.25, 0.3) is 0 Å². The van der Waals surface area contributed by atoms with Crippen LogP contribution in [0.5, 0.6) is 5.75 Å². The number of aromatic hydroxyl groups is 1. The smallest absolute Gasteiger partial charge is 0.305 e. The molecule has 0 radical (unpaired) electrons. The first-order chi connectivity index (χ1) is 8.32. The minimum absolute atomic E-state index is 0.0969. The van der Waals surface area contributed by atoms with Gasteiger partial charge in [-0.1, -0.05) is 6.07 Å². The van der Waals surface area contributed by atoms with Crippen LogP contribution in [0.3, 0.4) is 0 Å². The van der Waals surface area contributed by atoms with Crippen LogP contribution < -0.4 is 11.1 Å². The third-order valence-corrected chi connectivity index (χ3v) is 2.62. The number of phenolic OH excluding ortho intramolecular Hbond substituents is 1. The summed E-state index contributed by atoms with van der Waals surface area (Å²) >= 11 is 0. The topological polar surface area (TPSA) is 113 Å². The van der Waals surface area contributed by atoms with Crippen molar-refractivity contribution in [3.8, 4) is 5.75 Å². The molecule has 1 amide bonds. The minimum Gasteiger partial charge on any atom is -0.507 e. The molecule has 0 aliphatic rings. The van der Waals surface area contributed by atoms with Crippen LogP contribution in [-0.2, 0) is 9.59 Å². The SMILES string of the molecule is Cc1ccc(NC(=O)C(N)CC(=O)O)c(C)c1O. The van der Waals surface area contributed by atoms with Crippen molar-refractivity contribution in [2.75, 3.05) is 5.32 Å². The lowest BCUT2D eigenvalue weighted by Crippen LogP contribution is -2.37. The lowest BCUT2D eigenvalue weighted by molar-refractivity contribution is -0.138. The van der Waals surface area contributed by atoms with Gasteiger partial charge in [0.2, 0.25) is 5.91 Å². The molecule has 1 aromatic carbocycles. The van der Waals surface area contributed by atoms with Gasteiger partial charge < -0.3 is 21.3 Å².